The summed E-state index contributed by atoms with van der Waals surface area (Å²) in [6.07, 6.45) is 3.54. The molecule has 26 heavy (non-hydrogen) atoms. The standard InChI is InChI=1S/C19H21N3O3S/c1-3-10-20-19-21-15(12-26-19)18(24)25-11-17(23)22-13(2)8-9-14-6-4-5-7-16(14)22/h3-7,12-13H,1,8-11H2,2H3,(H,20,21). The van der Waals surface area contributed by atoms with Crippen molar-refractivity contribution in [3.05, 3.63) is 53.6 Å². The van der Waals surface area contributed by atoms with E-state index in [1.54, 1.807) is 16.4 Å². The summed E-state index contributed by atoms with van der Waals surface area (Å²) in [6.45, 7) is 5.88. The largest absolute Gasteiger partial charge is 0.451 e. The van der Waals surface area contributed by atoms with Crippen LogP contribution in [0.1, 0.15) is 29.4 Å². The van der Waals surface area contributed by atoms with Crippen LogP contribution in [-0.2, 0) is 16.0 Å². The first-order chi connectivity index (χ1) is 12.6. The molecule has 136 valence electrons. The summed E-state index contributed by atoms with van der Waals surface area (Å²) in [5.74, 6) is -0.822. The zero-order chi connectivity index (χ0) is 18.5. The molecule has 0 bridgehead atoms. The number of rotatable bonds is 6. The zero-order valence-corrected chi connectivity index (χ0v) is 15.4. The molecule has 1 aromatic carbocycles. The molecular weight excluding hydrogens is 350 g/mol. The van der Waals surface area contributed by atoms with Crippen LogP contribution in [0, 0.1) is 0 Å². The monoisotopic (exact) mass is 371 g/mol. The first-order valence-electron chi connectivity index (χ1n) is 8.47. The molecule has 2 heterocycles. The van der Waals surface area contributed by atoms with Gasteiger partial charge in [-0.1, -0.05) is 24.3 Å². The maximum atomic E-state index is 12.7. The number of fused-ring (bicyclic) bond motifs is 1. The van der Waals surface area contributed by atoms with Crippen molar-refractivity contribution in [2.75, 3.05) is 23.4 Å². The zero-order valence-electron chi connectivity index (χ0n) is 14.6. The van der Waals surface area contributed by atoms with Crippen molar-refractivity contribution in [2.45, 2.75) is 25.8 Å². The maximum absolute atomic E-state index is 12.7. The minimum Gasteiger partial charge on any atom is -0.451 e. The molecule has 1 aliphatic rings. The van der Waals surface area contributed by atoms with E-state index in [2.05, 4.69) is 16.9 Å². The molecule has 2 aromatic rings. The van der Waals surface area contributed by atoms with Crippen LogP contribution < -0.4 is 10.2 Å². The van der Waals surface area contributed by atoms with E-state index in [9.17, 15) is 9.59 Å². The molecule has 0 saturated carbocycles. The number of anilines is 2. The summed E-state index contributed by atoms with van der Waals surface area (Å²) < 4.78 is 5.19. The number of thiazole rings is 1. The minimum atomic E-state index is -0.598. The van der Waals surface area contributed by atoms with Crippen molar-refractivity contribution in [1.82, 2.24) is 4.98 Å². The van der Waals surface area contributed by atoms with Gasteiger partial charge in [0.15, 0.2) is 17.4 Å². The lowest BCUT2D eigenvalue weighted by Gasteiger charge is -2.35. The van der Waals surface area contributed by atoms with Gasteiger partial charge in [-0.25, -0.2) is 9.78 Å². The highest BCUT2D eigenvalue weighted by atomic mass is 32.1. The lowest BCUT2D eigenvalue weighted by atomic mass is 9.96. The number of carbonyl (C=O) groups excluding carboxylic acids is 2. The molecule has 1 unspecified atom stereocenters. The van der Waals surface area contributed by atoms with Crippen LogP contribution in [0.3, 0.4) is 0 Å². The van der Waals surface area contributed by atoms with Gasteiger partial charge in [-0.15, -0.1) is 17.9 Å². The van der Waals surface area contributed by atoms with E-state index in [0.717, 1.165) is 24.1 Å². The van der Waals surface area contributed by atoms with Gasteiger partial charge < -0.3 is 15.0 Å². The minimum absolute atomic E-state index is 0.0741. The van der Waals surface area contributed by atoms with E-state index in [1.807, 2.05) is 31.2 Å². The lowest BCUT2D eigenvalue weighted by Crippen LogP contribution is -2.44. The average molecular weight is 371 g/mol. The van der Waals surface area contributed by atoms with Gasteiger partial charge in [0.25, 0.3) is 5.91 Å². The molecule has 0 fully saturated rings. The third kappa shape index (κ3) is 3.94. The molecular formula is C19H21N3O3S. The first-order valence-corrected chi connectivity index (χ1v) is 9.35. The Labute approximate surface area is 156 Å². The van der Waals surface area contributed by atoms with E-state index >= 15 is 0 Å². The Hall–Kier alpha value is -2.67. The second-order valence-corrected chi connectivity index (χ2v) is 6.92. The molecule has 1 amide bonds. The SMILES string of the molecule is C=CCNc1nc(C(=O)OCC(=O)N2c3ccccc3CCC2C)cs1. The van der Waals surface area contributed by atoms with Crippen LogP contribution >= 0.6 is 11.3 Å². The highest BCUT2D eigenvalue weighted by Crippen LogP contribution is 2.30. The molecule has 6 nitrogen and oxygen atoms in total. The van der Waals surface area contributed by atoms with Crippen LogP contribution in [-0.4, -0.2) is 36.1 Å². The predicted octanol–water partition coefficient (Wildman–Crippen LogP) is 3.27. The Kier molecular flexibility index (Phi) is 5.68. The number of nitrogens with zero attached hydrogens (tertiary/aromatic N) is 2. The Morgan fingerprint density at radius 3 is 3.08 bits per heavy atom. The molecule has 0 saturated heterocycles. The average Bonchev–Trinajstić information content (AvgIpc) is 3.13. The van der Waals surface area contributed by atoms with Gasteiger partial charge in [-0.3, -0.25) is 4.79 Å². The fourth-order valence-corrected chi connectivity index (χ4v) is 3.64. The quantitative estimate of drug-likeness (QED) is 0.623. The summed E-state index contributed by atoms with van der Waals surface area (Å²) in [4.78, 5) is 30.7. The Morgan fingerprint density at radius 1 is 1.46 bits per heavy atom. The van der Waals surface area contributed by atoms with Crippen molar-refractivity contribution >= 4 is 34.0 Å². The number of esters is 1. The van der Waals surface area contributed by atoms with Gasteiger partial charge in [0.2, 0.25) is 0 Å². The summed E-state index contributed by atoms with van der Waals surface area (Å²) in [6, 6.07) is 7.92. The second kappa shape index (κ2) is 8.14. The summed E-state index contributed by atoms with van der Waals surface area (Å²) in [5, 5.41) is 5.23. The number of hydrogen-bond acceptors (Lipinski definition) is 6. The number of nitrogens with one attached hydrogen (secondary N) is 1. The number of benzene rings is 1. The molecule has 3 rings (SSSR count). The number of carbonyl (C=O) groups is 2. The maximum Gasteiger partial charge on any atom is 0.358 e. The first kappa shape index (κ1) is 18.1. The van der Waals surface area contributed by atoms with Crippen molar-refractivity contribution in [1.29, 1.82) is 0 Å². The topological polar surface area (TPSA) is 71.5 Å². The Bertz CT molecular complexity index is 818. The highest BCUT2D eigenvalue weighted by molar-refractivity contribution is 7.13. The number of aryl methyl sites for hydroxylation is 1. The van der Waals surface area contributed by atoms with E-state index in [1.165, 1.54) is 11.3 Å². The Balaban J connectivity index is 1.62. The lowest BCUT2D eigenvalue weighted by molar-refractivity contribution is -0.122. The summed E-state index contributed by atoms with van der Waals surface area (Å²) in [5.41, 5.74) is 2.24. The normalized spacial score (nSPS) is 15.9. The molecule has 0 aliphatic carbocycles. The van der Waals surface area contributed by atoms with Crippen LogP contribution in [0.25, 0.3) is 0 Å². The van der Waals surface area contributed by atoms with Crippen molar-refractivity contribution in [3.8, 4) is 0 Å². The van der Waals surface area contributed by atoms with Crippen LogP contribution in [0.5, 0.6) is 0 Å². The van der Waals surface area contributed by atoms with Gasteiger partial charge in [-0.2, -0.15) is 0 Å². The van der Waals surface area contributed by atoms with E-state index in [4.69, 9.17) is 4.74 Å². The van der Waals surface area contributed by atoms with Crippen LogP contribution in [0.4, 0.5) is 10.8 Å². The second-order valence-electron chi connectivity index (χ2n) is 6.06. The van der Waals surface area contributed by atoms with Gasteiger partial charge in [0.05, 0.1) is 0 Å². The number of para-hydroxylation sites is 1. The molecule has 1 aromatic heterocycles. The molecule has 0 spiro atoms. The fourth-order valence-electron chi connectivity index (χ4n) is 2.95. The van der Waals surface area contributed by atoms with Crippen molar-refractivity contribution in [2.24, 2.45) is 0 Å². The molecule has 0 radical (unpaired) electrons. The molecule has 1 N–H and O–H groups in total. The number of hydrogen-bond donors (Lipinski definition) is 1. The van der Waals surface area contributed by atoms with Crippen LogP contribution in [0.15, 0.2) is 42.3 Å². The van der Waals surface area contributed by atoms with E-state index in [0.29, 0.717) is 11.7 Å². The van der Waals surface area contributed by atoms with Gasteiger partial charge >= 0.3 is 5.97 Å². The van der Waals surface area contributed by atoms with Gasteiger partial charge in [-0.05, 0) is 31.4 Å². The summed E-state index contributed by atoms with van der Waals surface area (Å²) >= 11 is 1.31. The van der Waals surface area contributed by atoms with Crippen molar-refractivity contribution < 1.29 is 14.3 Å². The van der Waals surface area contributed by atoms with E-state index < -0.39 is 5.97 Å². The Morgan fingerprint density at radius 2 is 2.27 bits per heavy atom. The molecule has 1 atom stereocenters. The number of aromatic nitrogens is 1. The van der Waals surface area contributed by atoms with Gasteiger partial charge in [0, 0.05) is 23.7 Å². The van der Waals surface area contributed by atoms with Crippen molar-refractivity contribution in [3.63, 3.8) is 0 Å². The predicted molar refractivity (Wildman–Crippen MR) is 103 cm³/mol. The third-order valence-electron chi connectivity index (χ3n) is 4.23. The van der Waals surface area contributed by atoms with Gasteiger partial charge in [0.1, 0.15) is 0 Å². The number of amides is 1. The number of ether oxygens (including phenoxy) is 1. The fraction of sp³-hybridized carbons (Fsp3) is 0.316. The van der Waals surface area contributed by atoms with E-state index in [-0.39, 0.29) is 24.2 Å². The van der Waals surface area contributed by atoms with Crippen LogP contribution in [0.2, 0.25) is 0 Å². The molecule has 1 aliphatic heterocycles. The summed E-state index contributed by atoms with van der Waals surface area (Å²) in [7, 11) is 0. The third-order valence-corrected chi connectivity index (χ3v) is 5.03. The molecule has 7 heteroatoms. The highest BCUT2D eigenvalue weighted by Gasteiger charge is 2.28. The smallest absolute Gasteiger partial charge is 0.358 e.